The van der Waals surface area contributed by atoms with Gasteiger partial charge in [0.05, 0.1) is 15.2 Å². The lowest BCUT2D eigenvalue weighted by molar-refractivity contribution is 0.0951. The molecule has 4 nitrogen and oxygen atoms in total. The average Bonchev–Trinajstić information content (AvgIpc) is 3.11. The van der Waals surface area contributed by atoms with Crippen LogP contribution in [-0.4, -0.2) is 35.9 Å². The number of halogens is 1. The molecule has 1 amide bonds. The lowest BCUT2D eigenvalue weighted by atomic mass is 9.98. The van der Waals surface area contributed by atoms with Crippen molar-refractivity contribution >= 4 is 39.1 Å². The van der Waals surface area contributed by atoms with Crippen molar-refractivity contribution in [3.8, 4) is 0 Å². The number of amides is 1. The highest BCUT2D eigenvalue weighted by Crippen LogP contribution is 2.33. The molecule has 6 heteroatoms. The zero-order valence-corrected chi connectivity index (χ0v) is 16.8. The molecule has 0 saturated carbocycles. The fraction of sp³-hybridized carbons (Fsp3) is 0.333. The molecule has 2 heterocycles. The number of hydrogen-bond acceptors (Lipinski definition) is 4. The van der Waals surface area contributed by atoms with Crippen LogP contribution in [0.4, 0.5) is 0 Å². The monoisotopic (exact) mass is 399 g/mol. The number of benzene rings is 2. The zero-order chi connectivity index (χ0) is 18.8. The Morgan fingerprint density at radius 3 is 2.70 bits per heavy atom. The molecule has 1 aliphatic rings. The molecule has 1 aliphatic heterocycles. The van der Waals surface area contributed by atoms with Crippen molar-refractivity contribution < 1.29 is 4.79 Å². The van der Waals surface area contributed by atoms with Crippen LogP contribution in [0.15, 0.2) is 42.5 Å². The quantitative estimate of drug-likeness (QED) is 0.692. The van der Waals surface area contributed by atoms with Gasteiger partial charge in [0.25, 0.3) is 5.91 Å². The molecule has 0 spiro atoms. The third-order valence-corrected chi connectivity index (χ3v) is 6.53. The van der Waals surface area contributed by atoms with E-state index in [1.165, 1.54) is 5.01 Å². The molecule has 0 bridgehead atoms. The number of likely N-dealkylation sites (tertiary alicyclic amines) is 1. The summed E-state index contributed by atoms with van der Waals surface area (Å²) in [5.74, 6) is 0.474. The van der Waals surface area contributed by atoms with Gasteiger partial charge in [-0.05, 0) is 68.9 Å². The summed E-state index contributed by atoms with van der Waals surface area (Å²) in [6.45, 7) is 2.73. The van der Waals surface area contributed by atoms with Crippen molar-refractivity contribution in [2.75, 3.05) is 20.1 Å². The maximum atomic E-state index is 12.5. The molecule has 0 radical (unpaired) electrons. The Morgan fingerprint density at radius 2 is 1.96 bits per heavy atom. The van der Waals surface area contributed by atoms with Gasteiger partial charge in [-0.25, -0.2) is 4.98 Å². The van der Waals surface area contributed by atoms with E-state index in [-0.39, 0.29) is 5.91 Å². The molecule has 140 valence electrons. The summed E-state index contributed by atoms with van der Waals surface area (Å²) in [7, 11) is 2.17. The number of thiazole rings is 1. The Balaban J connectivity index is 1.46. The molecular weight excluding hydrogens is 378 g/mol. The second-order valence-corrected chi connectivity index (χ2v) is 8.62. The zero-order valence-electron chi connectivity index (χ0n) is 15.2. The minimum atomic E-state index is -0.0684. The number of rotatable bonds is 4. The highest BCUT2D eigenvalue weighted by atomic mass is 35.5. The van der Waals surface area contributed by atoms with Gasteiger partial charge in [0.15, 0.2) is 0 Å². The first-order valence-corrected chi connectivity index (χ1v) is 10.4. The van der Waals surface area contributed by atoms with Gasteiger partial charge in [0.1, 0.15) is 0 Å². The van der Waals surface area contributed by atoms with E-state index >= 15 is 0 Å². The van der Waals surface area contributed by atoms with E-state index < -0.39 is 0 Å². The summed E-state index contributed by atoms with van der Waals surface area (Å²) in [6.07, 6.45) is 2.31. The smallest absolute Gasteiger partial charge is 0.251 e. The maximum Gasteiger partial charge on any atom is 0.251 e. The van der Waals surface area contributed by atoms with Gasteiger partial charge in [-0.15, -0.1) is 11.3 Å². The maximum absolute atomic E-state index is 12.5. The van der Waals surface area contributed by atoms with E-state index in [0.717, 1.165) is 41.7 Å². The third-order valence-electron chi connectivity index (χ3n) is 5.10. The lowest BCUT2D eigenvalue weighted by Gasteiger charge is -2.27. The van der Waals surface area contributed by atoms with Crippen molar-refractivity contribution in [2.24, 2.45) is 0 Å². The Bertz CT molecular complexity index is 946. The summed E-state index contributed by atoms with van der Waals surface area (Å²) < 4.78 is 1.09. The van der Waals surface area contributed by atoms with Gasteiger partial charge < -0.3 is 10.2 Å². The van der Waals surface area contributed by atoms with Crippen molar-refractivity contribution in [3.05, 3.63) is 63.6 Å². The average molecular weight is 400 g/mol. The van der Waals surface area contributed by atoms with Crippen LogP contribution in [-0.2, 0) is 6.54 Å². The highest BCUT2D eigenvalue weighted by Gasteiger charge is 2.21. The van der Waals surface area contributed by atoms with Crippen LogP contribution in [0.2, 0.25) is 5.02 Å². The lowest BCUT2D eigenvalue weighted by Crippen LogP contribution is -2.29. The predicted octanol–water partition coefficient (Wildman–Crippen LogP) is 4.69. The number of hydrogen-bond donors (Lipinski definition) is 1. The first-order valence-electron chi connectivity index (χ1n) is 9.20. The van der Waals surface area contributed by atoms with Crippen LogP contribution < -0.4 is 5.32 Å². The fourth-order valence-electron chi connectivity index (χ4n) is 3.40. The van der Waals surface area contributed by atoms with Crippen molar-refractivity contribution in [3.63, 3.8) is 0 Å². The van der Waals surface area contributed by atoms with E-state index in [4.69, 9.17) is 16.6 Å². The predicted molar refractivity (Wildman–Crippen MR) is 112 cm³/mol. The Kier molecular flexibility index (Phi) is 5.43. The van der Waals surface area contributed by atoms with Gasteiger partial charge in [-0.3, -0.25) is 4.79 Å². The van der Waals surface area contributed by atoms with E-state index in [9.17, 15) is 4.79 Å². The highest BCUT2D eigenvalue weighted by molar-refractivity contribution is 7.18. The van der Waals surface area contributed by atoms with Crippen LogP contribution in [0.25, 0.3) is 10.2 Å². The molecule has 2 aromatic carbocycles. The molecule has 27 heavy (non-hydrogen) atoms. The van der Waals surface area contributed by atoms with Crippen molar-refractivity contribution in [2.45, 2.75) is 25.3 Å². The van der Waals surface area contributed by atoms with Gasteiger partial charge >= 0.3 is 0 Å². The molecule has 1 N–H and O–H groups in total. The van der Waals surface area contributed by atoms with Gasteiger partial charge in [-0.2, -0.15) is 0 Å². The van der Waals surface area contributed by atoms with Gasteiger partial charge in [0, 0.05) is 23.0 Å². The molecule has 1 fully saturated rings. The molecule has 3 aromatic rings. The summed E-state index contributed by atoms with van der Waals surface area (Å²) in [4.78, 5) is 19.7. The van der Waals surface area contributed by atoms with E-state index in [1.807, 2.05) is 42.5 Å². The van der Waals surface area contributed by atoms with Crippen LogP contribution in [0.3, 0.4) is 0 Å². The van der Waals surface area contributed by atoms with Crippen LogP contribution >= 0.6 is 22.9 Å². The standard InChI is InChI=1S/C21H22ClN3OS/c1-25-10-8-15(9-11-25)21-24-18-7-4-16(12-19(18)27-21)20(26)23-13-14-2-5-17(22)6-3-14/h2-7,12,15H,8-11,13H2,1H3,(H,23,26). The Morgan fingerprint density at radius 1 is 1.22 bits per heavy atom. The van der Waals surface area contributed by atoms with Crippen LogP contribution in [0.1, 0.15) is 39.7 Å². The minimum absolute atomic E-state index is 0.0684. The number of carbonyl (C=O) groups is 1. The first-order chi connectivity index (χ1) is 13.1. The number of fused-ring (bicyclic) bond motifs is 1. The molecule has 0 aliphatic carbocycles. The van der Waals surface area contributed by atoms with Crippen molar-refractivity contribution in [1.29, 1.82) is 0 Å². The van der Waals surface area contributed by atoms with Crippen LogP contribution in [0, 0.1) is 0 Å². The second kappa shape index (κ2) is 7.97. The molecule has 0 atom stereocenters. The molecule has 4 rings (SSSR count). The number of aromatic nitrogens is 1. The normalized spacial score (nSPS) is 15.9. The SMILES string of the molecule is CN1CCC(c2nc3ccc(C(=O)NCc4ccc(Cl)cc4)cc3s2)CC1. The van der Waals surface area contributed by atoms with Gasteiger partial charge in [0.2, 0.25) is 0 Å². The third kappa shape index (κ3) is 4.32. The molecular formula is C21H22ClN3OS. The summed E-state index contributed by atoms with van der Waals surface area (Å²) in [5, 5.41) is 4.87. The topological polar surface area (TPSA) is 45.2 Å². The van der Waals surface area contributed by atoms with E-state index in [1.54, 1.807) is 11.3 Å². The largest absolute Gasteiger partial charge is 0.348 e. The summed E-state index contributed by atoms with van der Waals surface area (Å²) in [5.41, 5.74) is 2.69. The summed E-state index contributed by atoms with van der Waals surface area (Å²) in [6, 6.07) is 13.3. The number of carbonyl (C=O) groups excluding carboxylic acids is 1. The number of nitrogens with one attached hydrogen (secondary N) is 1. The van der Waals surface area contributed by atoms with E-state index in [0.29, 0.717) is 23.0 Å². The Hall–Kier alpha value is -1.95. The Labute approximate surface area is 168 Å². The number of piperidine rings is 1. The van der Waals surface area contributed by atoms with E-state index in [2.05, 4.69) is 17.3 Å². The summed E-state index contributed by atoms with van der Waals surface area (Å²) >= 11 is 7.62. The first kappa shape index (κ1) is 18.4. The second-order valence-electron chi connectivity index (χ2n) is 7.12. The molecule has 0 unspecified atom stereocenters. The number of nitrogens with zero attached hydrogens (tertiary/aromatic N) is 2. The van der Waals surface area contributed by atoms with Gasteiger partial charge in [-0.1, -0.05) is 23.7 Å². The molecule has 1 saturated heterocycles. The van der Waals surface area contributed by atoms with Crippen LogP contribution in [0.5, 0.6) is 0 Å². The fourth-order valence-corrected chi connectivity index (χ4v) is 4.70. The minimum Gasteiger partial charge on any atom is -0.348 e. The van der Waals surface area contributed by atoms with Crippen molar-refractivity contribution in [1.82, 2.24) is 15.2 Å². The molecule has 1 aromatic heterocycles.